The number of rotatable bonds is 7. The molecule has 0 atom stereocenters. The molecular formula is C9H15F3O2. The van der Waals surface area contributed by atoms with Gasteiger partial charge in [0.2, 0.25) is 0 Å². The second-order valence-electron chi connectivity index (χ2n) is 3.03. The van der Waals surface area contributed by atoms with Crippen LogP contribution in [-0.4, -0.2) is 25.2 Å². The Hall–Kier alpha value is -0.580. The van der Waals surface area contributed by atoms with E-state index in [-0.39, 0.29) is 6.61 Å². The first-order valence-electron chi connectivity index (χ1n) is 4.66. The van der Waals surface area contributed by atoms with E-state index in [1.54, 1.807) is 0 Å². The molecule has 2 nitrogen and oxygen atoms in total. The Kier molecular flexibility index (Phi) is 6.53. The second kappa shape index (κ2) is 6.81. The van der Waals surface area contributed by atoms with Crippen molar-refractivity contribution in [3.05, 3.63) is 0 Å². The van der Waals surface area contributed by atoms with Crippen LogP contribution in [0.1, 0.15) is 32.6 Å². The van der Waals surface area contributed by atoms with Crippen molar-refractivity contribution in [2.45, 2.75) is 38.8 Å². The average molecular weight is 212 g/mol. The molecule has 5 heteroatoms. The third-order valence-electron chi connectivity index (χ3n) is 1.69. The van der Waals surface area contributed by atoms with Crippen molar-refractivity contribution in [1.29, 1.82) is 0 Å². The first-order valence-corrected chi connectivity index (χ1v) is 4.66. The number of ketones is 1. The van der Waals surface area contributed by atoms with E-state index in [4.69, 9.17) is 0 Å². The minimum Gasteiger partial charge on any atom is -0.373 e. The fourth-order valence-corrected chi connectivity index (χ4v) is 0.878. The van der Waals surface area contributed by atoms with Crippen LogP contribution in [0.4, 0.5) is 13.2 Å². The summed E-state index contributed by atoms with van der Waals surface area (Å²) in [6, 6.07) is 0. The van der Waals surface area contributed by atoms with Crippen molar-refractivity contribution in [2.75, 3.05) is 13.2 Å². The van der Waals surface area contributed by atoms with Crippen LogP contribution < -0.4 is 0 Å². The van der Waals surface area contributed by atoms with Crippen LogP contribution in [0, 0.1) is 0 Å². The van der Waals surface area contributed by atoms with Crippen LogP contribution in [0.3, 0.4) is 0 Å². The molecule has 0 saturated carbocycles. The summed E-state index contributed by atoms with van der Waals surface area (Å²) < 4.78 is 39.5. The van der Waals surface area contributed by atoms with Gasteiger partial charge >= 0.3 is 6.18 Å². The van der Waals surface area contributed by atoms with Gasteiger partial charge in [0.25, 0.3) is 5.78 Å². The smallest absolute Gasteiger partial charge is 0.373 e. The normalized spacial score (nSPS) is 11.7. The van der Waals surface area contributed by atoms with Crippen molar-refractivity contribution in [2.24, 2.45) is 0 Å². The maximum absolute atomic E-state index is 11.6. The highest BCUT2D eigenvalue weighted by molar-refractivity contribution is 5.85. The fraction of sp³-hybridized carbons (Fsp3) is 0.889. The lowest BCUT2D eigenvalue weighted by molar-refractivity contribution is -0.175. The maximum atomic E-state index is 11.6. The summed E-state index contributed by atoms with van der Waals surface area (Å²) in [7, 11) is 0. The molecule has 0 unspecified atom stereocenters. The standard InChI is InChI=1S/C9H15F3O2/c1-2-3-4-5-6-14-7-8(13)9(10,11)12/h2-7H2,1H3. The number of unbranched alkanes of at least 4 members (excludes halogenated alkanes) is 3. The molecule has 0 aliphatic carbocycles. The number of hydrogen-bond donors (Lipinski definition) is 0. The van der Waals surface area contributed by atoms with Crippen LogP contribution >= 0.6 is 0 Å². The zero-order chi connectivity index (χ0) is 11.0. The van der Waals surface area contributed by atoms with E-state index in [1.165, 1.54) is 0 Å². The van der Waals surface area contributed by atoms with E-state index in [0.29, 0.717) is 6.42 Å². The molecule has 0 aromatic heterocycles. The van der Waals surface area contributed by atoms with Crippen LogP contribution in [0.2, 0.25) is 0 Å². The van der Waals surface area contributed by atoms with Gasteiger partial charge < -0.3 is 4.74 Å². The number of carbonyl (C=O) groups is 1. The highest BCUT2D eigenvalue weighted by Gasteiger charge is 2.37. The van der Waals surface area contributed by atoms with Crippen molar-refractivity contribution >= 4 is 5.78 Å². The predicted octanol–water partition coefficient (Wildman–Crippen LogP) is 2.71. The van der Waals surface area contributed by atoms with E-state index in [0.717, 1.165) is 19.3 Å². The highest BCUT2D eigenvalue weighted by atomic mass is 19.4. The van der Waals surface area contributed by atoms with Crippen molar-refractivity contribution in [3.8, 4) is 0 Å². The molecule has 0 saturated heterocycles. The number of Topliss-reactive ketones (excluding diaryl/α,β-unsaturated/α-hetero) is 1. The van der Waals surface area contributed by atoms with Gasteiger partial charge in [0.05, 0.1) is 0 Å². The quantitative estimate of drug-likeness (QED) is 0.606. The molecule has 0 N–H and O–H groups in total. The molecular weight excluding hydrogens is 197 g/mol. The summed E-state index contributed by atoms with van der Waals surface area (Å²) in [4.78, 5) is 10.3. The molecule has 84 valence electrons. The fourth-order valence-electron chi connectivity index (χ4n) is 0.878. The summed E-state index contributed by atoms with van der Waals surface area (Å²) in [5.74, 6) is -1.81. The van der Waals surface area contributed by atoms with Gasteiger partial charge in [0.1, 0.15) is 6.61 Å². The Bertz CT molecular complexity index is 166. The molecule has 0 radical (unpaired) electrons. The van der Waals surface area contributed by atoms with E-state index in [9.17, 15) is 18.0 Å². The Balaban J connectivity index is 3.33. The molecule has 14 heavy (non-hydrogen) atoms. The van der Waals surface area contributed by atoms with Gasteiger partial charge in [0.15, 0.2) is 0 Å². The van der Waals surface area contributed by atoms with Gasteiger partial charge in [0, 0.05) is 6.61 Å². The minimum absolute atomic E-state index is 0.224. The van der Waals surface area contributed by atoms with Crippen LogP contribution in [0.25, 0.3) is 0 Å². The number of hydrogen-bond acceptors (Lipinski definition) is 2. The van der Waals surface area contributed by atoms with Crippen LogP contribution in [0.5, 0.6) is 0 Å². The van der Waals surface area contributed by atoms with E-state index < -0.39 is 18.6 Å². The Morgan fingerprint density at radius 1 is 1.21 bits per heavy atom. The highest BCUT2D eigenvalue weighted by Crippen LogP contribution is 2.15. The zero-order valence-electron chi connectivity index (χ0n) is 8.19. The third kappa shape index (κ3) is 6.88. The molecule has 0 bridgehead atoms. The number of halogens is 3. The summed E-state index contributed by atoms with van der Waals surface area (Å²) in [5, 5.41) is 0. The molecule has 0 aromatic rings. The van der Waals surface area contributed by atoms with Crippen molar-refractivity contribution in [1.82, 2.24) is 0 Å². The van der Waals surface area contributed by atoms with Crippen molar-refractivity contribution in [3.63, 3.8) is 0 Å². The number of ether oxygens (including phenoxy) is 1. The Morgan fingerprint density at radius 2 is 1.86 bits per heavy atom. The van der Waals surface area contributed by atoms with Gasteiger partial charge in [-0.25, -0.2) is 0 Å². The molecule has 0 aromatic carbocycles. The molecule has 0 aliphatic rings. The zero-order valence-corrected chi connectivity index (χ0v) is 8.19. The molecule has 0 amide bonds. The first kappa shape index (κ1) is 13.4. The van der Waals surface area contributed by atoms with E-state index in [1.807, 2.05) is 6.92 Å². The van der Waals surface area contributed by atoms with Gasteiger partial charge in [-0.2, -0.15) is 13.2 Å². The molecule has 0 spiro atoms. The minimum atomic E-state index is -4.76. The summed E-state index contributed by atoms with van der Waals surface area (Å²) in [6.45, 7) is 1.41. The molecule has 0 heterocycles. The molecule has 0 rings (SSSR count). The molecule has 0 fully saturated rings. The third-order valence-corrected chi connectivity index (χ3v) is 1.69. The first-order chi connectivity index (χ1) is 6.48. The maximum Gasteiger partial charge on any atom is 0.452 e. The largest absolute Gasteiger partial charge is 0.452 e. The molecule has 0 aliphatic heterocycles. The predicted molar refractivity (Wildman–Crippen MR) is 46.0 cm³/mol. The van der Waals surface area contributed by atoms with E-state index in [2.05, 4.69) is 4.74 Å². The summed E-state index contributed by atoms with van der Waals surface area (Å²) >= 11 is 0. The van der Waals surface area contributed by atoms with Crippen molar-refractivity contribution < 1.29 is 22.7 Å². The lowest BCUT2D eigenvalue weighted by atomic mass is 10.2. The van der Waals surface area contributed by atoms with Crippen LogP contribution in [0.15, 0.2) is 0 Å². The Morgan fingerprint density at radius 3 is 2.36 bits per heavy atom. The lowest BCUT2D eigenvalue weighted by Crippen LogP contribution is -2.27. The average Bonchev–Trinajstić information content (AvgIpc) is 2.09. The Labute approximate surface area is 81.4 Å². The van der Waals surface area contributed by atoms with E-state index >= 15 is 0 Å². The lowest BCUT2D eigenvalue weighted by Gasteiger charge is -2.05. The number of alkyl halides is 3. The monoisotopic (exact) mass is 212 g/mol. The SMILES string of the molecule is CCCCCCOCC(=O)C(F)(F)F. The van der Waals surface area contributed by atoms with Gasteiger partial charge in [-0.15, -0.1) is 0 Å². The van der Waals surface area contributed by atoms with Gasteiger partial charge in [-0.05, 0) is 6.42 Å². The topological polar surface area (TPSA) is 26.3 Å². The number of carbonyl (C=O) groups excluding carboxylic acids is 1. The van der Waals surface area contributed by atoms with Gasteiger partial charge in [-0.3, -0.25) is 4.79 Å². The van der Waals surface area contributed by atoms with Crippen LogP contribution in [-0.2, 0) is 9.53 Å². The van der Waals surface area contributed by atoms with Gasteiger partial charge in [-0.1, -0.05) is 26.2 Å². The summed E-state index contributed by atoms with van der Waals surface area (Å²) in [5.41, 5.74) is 0. The summed E-state index contributed by atoms with van der Waals surface area (Å²) in [6.07, 6.45) is -1.03. The second-order valence-corrected chi connectivity index (χ2v) is 3.03.